The summed E-state index contributed by atoms with van der Waals surface area (Å²) in [4.78, 5) is 0. The molecule has 2 N–H and O–H groups in total. The lowest BCUT2D eigenvalue weighted by molar-refractivity contribution is -0.145. The predicted molar refractivity (Wildman–Crippen MR) is 58.2 cm³/mol. The first kappa shape index (κ1) is 15.7. The largest absolute Gasteiger partial charge is 0.391 e. The summed E-state index contributed by atoms with van der Waals surface area (Å²) in [5.74, 6) is 0. The minimum Gasteiger partial charge on any atom is -0.381 e. The van der Waals surface area contributed by atoms with E-state index in [1.54, 1.807) is 0 Å². The molecule has 98 valence electrons. The summed E-state index contributed by atoms with van der Waals surface area (Å²) < 4.78 is 40.1. The van der Waals surface area contributed by atoms with Crippen LogP contribution in [0, 0.1) is 5.41 Å². The topological polar surface area (TPSA) is 35.2 Å². The van der Waals surface area contributed by atoms with Crippen molar-refractivity contribution < 1.29 is 17.9 Å². The van der Waals surface area contributed by atoms with Gasteiger partial charge in [0, 0.05) is 6.61 Å². The molecule has 2 nitrogen and oxygen atoms in total. The Kier molecular flexibility index (Phi) is 6.99. The first-order valence-corrected chi connectivity index (χ1v) is 5.61. The maximum Gasteiger partial charge on any atom is 0.391 e. The van der Waals surface area contributed by atoms with Gasteiger partial charge in [-0.3, -0.25) is 0 Å². The normalized spacial score (nSPS) is 13.1. The van der Waals surface area contributed by atoms with E-state index >= 15 is 0 Å². The van der Waals surface area contributed by atoms with E-state index < -0.39 is 12.6 Å². The highest BCUT2D eigenvalue weighted by Gasteiger charge is 2.26. The van der Waals surface area contributed by atoms with Crippen LogP contribution in [0.4, 0.5) is 13.2 Å². The van der Waals surface area contributed by atoms with Gasteiger partial charge >= 0.3 is 6.18 Å². The van der Waals surface area contributed by atoms with Crippen molar-refractivity contribution in [1.29, 1.82) is 0 Å². The third-order valence-corrected chi connectivity index (χ3v) is 2.47. The summed E-state index contributed by atoms with van der Waals surface area (Å²) in [5, 5.41) is 0. The van der Waals surface area contributed by atoms with E-state index in [1.165, 1.54) is 0 Å². The van der Waals surface area contributed by atoms with Gasteiger partial charge in [-0.15, -0.1) is 0 Å². The van der Waals surface area contributed by atoms with Gasteiger partial charge in [-0.05, 0) is 24.8 Å². The summed E-state index contributed by atoms with van der Waals surface area (Å²) in [6.07, 6.45) is -2.26. The van der Waals surface area contributed by atoms with Gasteiger partial charge in [-0.2, -0.15) is 13.2 Å². The summed E-state index contributed by atoms with van der Waals surface area (Å²) in [5.41, 5.74) is 5.68. The van der Waals surface area contributed by atoms with E-state index in [0.717, 1.165) is 19.3 Å². The SMILES string of the molecule is CC(C)(CN)CCCCOCCC(F)(F)F. The minimum absolute atomic E-state index is 0.117. The van der Waals surface area contributed by atoms with E-state index in [-0.39, 0.29) is 12.0 Å². The monoisotopic (exact) mass is 241 g/mol. The summed E-state index contributed by atoms with van der Waals surface area (Å²) in [6.45, 7) is 4.96. The Hall–Kier alpha value is -0.290. The second-order valence-electron chi connectivity index (χ2n) is 4.80. The molecule has 0 aromatic carbocycles. The van der Waals surface area contributed by atoms with Crippen LogP contribution in [0.15, 0.2) is 0 Å². The number of nitrogens with two attached hydrogens (primary N) is 1. The van der Waals surface area contributed by atoms with Crippen molar-refractivity contribution in [2.75, 3.05) is 19.8 Å². The first-order chi connectivity index (χ1) is 7.27. The van der Waals surface area contributed by atoms with Crippen molar-refractivity contribution in [3.05, 3.63) is 0 Å². The average Bonchev–Trinajstić information content (AvgIpc) is 2.14. The highest BCUT2D eigenvalue weighted by atomic mass is 19.4. The van der Waals surface area contributed by atoms with Crippen LogP contribution >= 0.6 is 0 Å². The zero-order valence-electron chi connectivity index (χ0n) is 10.1. The second-order valence-corrected chi connectivity index (χ2v) is 4.80. The summed E-state index contributed by atoms with van der Waals surface area (Å²) in [6, 6.07) is 0. The van der Waals surface area contributed by atoms with Gasteiger partial charge in [0.15, 0.2) is 0 Å². The zero-order valence-corrected chi connectivity index (χ0v) is 10.1. The molecule has 0 amide bonds. The number of unbranched alkanes of at least 4 members (excludes halogenated alkanes) is 1. The number of rotatable bonds is 8. The molecular formula is C11H22F3NO. The molecule has 16 heavy (non-hydrogen) atoms. The molecule has 5 heteroatoms. The van der Waals surface area contributed by atoms with Crippen LogP contribution in [0.25, 0.3) is 0 Å². The van der Waals surface area contributed by atoms with Crippen molar-refractivity contribution in [2.24, 2.45) is 11.1 Å². The van der Waals surface area contributed by atoms with E-state index in [0.29, 0.717) is 13.2 Å². The van der Waals surface area contributed by atoms with Gasteiger partial charge in [0.05, 0.1) is 13.0 Å². The molecule has 0 atom stereocenters. The molecular weight excluding hydrogens is 219 g/mol. The molecule has 0 bridgehead atoms. The predicted octanol–water partition coefficient (Wildman–Crippen LogP) is 3.11. The van der Waals surface area contributed by atoms with Crippen LogP contribution < -0.4 is 5.73 Å². The van der Waals surface area contributed by atoms with Gasteiger partial charge in [0.25, 0.3) is 0 Å². The molecule has 0 heterocycles. The quantitative estimate of drug-likeness (QED) is 0.663. The van der Waals surface area contributed by atoms with Crippen molar-refractivity contribution in [2.45, 2.75) is 45.7 Å². The molecule has 0 aliphatic rings. The standard InChI is InChI=1S/C11H22F3NO/c1-10(2,9-15)5-3-4-7-16-8-6-11(12,13)14/h3-9,15H2,1-2H3. The second kappa shape index (κ2) is 7.12. The molecule has 0 saturated heterocycles. The molecule has 0 fully saturated rings. The van der Waals surface area contributed by atoms with Crippen molar-refractivity contribution in [3.8, 4) is 0 Å². The Balaban J connectivity index is 3.29. The van der Waals surface area contributed by atoms with Crippen LogP contribution in [0.2, 0.25) is 0 Å². The first-order valence-electron chi connectivity index (χ1n) is 5.61. The Bertz CT molecular complexity index is 181. The molecule has 0 unspecified atom stereocenters. The fourth-order valence-corrected chi connectivity index (χ4v) is 1.20. The molecule has 0 aromatic heterocycles. The number of hydrogen-bond acceptors (Lipinski definition) is 2. The Morgan fingerprint density at radius 3 is 2.12 bits per heavy atom. The maximum absolute atomic E-state index is 11.7. The fourth-order valence-electron chi connectivity index (χ4n) is 1.20. The van der Waals surface area contributed by atoms with Crippen molar-refractivity contribution in [1.82, 2.24) is 0 Å². The van der Waals surface area contributed by atoms with Crippen LogP contribution in [-0.4, -0.2) is 25.9 Å². The Labute approximate surface area is 95.3 Å². The van der Waals surface area contributed by atoms with Gasteiger partial charge in [-0.1, -0.05) is 20.3 Å². The van der Waals surface area contributed by atoms with E-state index in [1.807, 2.05) is 0 Å². The number of halogens is 3. The molecule has 0 rings (SSSR count). The number of ether oxygens (including phenoxy) is 1. The van der Waals surface area contributed by atoms with Gasteiger partial charge < -0.3 is 10.5 Å². The average molecular weight is 241 g/mol. The molecule has 0 spiro atoms. The fraction of sp³-hybridized carbons (Fsp3) is 1.00. The molecule has 0 aliphatic carbocycles. The van der Waals surface area contributed by atoms with E-state index in [2.05, 4.69) is 13.8 Å². The van der Waals surface area contributed by atoms with Gasteiger partial charge in [0.1, 0.15) is 0 Å². The van der Waals surface area contributed by atoms with Crippen LogP contribution in [-0.2, 0) is 4.74 Å². The van der Waals surface area contributed by atoms with Gasteiger partial charge in [0.2, 0.25) is 0 Å². The molecule has 0 aromatic rings. The highest BCUT2D eigenvalue weighted by Crippen LogP contribution is 2.21. The molecule has 0 saturated carbocycles. The van der Waals surface area contributed by atoms with Crippen LogP contribution in [0.5, 0.6) is 0 Å². The number of hydrogen-bond donors (Lipinski definition) is 1. The Morgan fingerprint density at radius 2 is 1.62 bits per heavy atom. The lowest BCUT2D eigenvalue weighted by Crippen LogP contribution is -2.23. The lowest BCUT2D eigenvalue weighted by atomic mass is 9.87. The zero-order chi connectivity index (χ0) is 12.7. The number of alkyl halides is 3. The van der Waals surface area contributed by atoms with E-state index in [4.69, 9.17) is 10.5 Å². The maximum atomic E-state index is 11.7. The van der Waals surface area contributed by atoms with Crippen LogP contribution in [0.1, 0.15) is 39.5 Å². The Morgan fingerprint density at radius 1 is 1.00 bits per heavy atom. The van der Waals surface area contributed by atoms with E-state index in [9.17, 15) is 13.2 Å². The third-order valence-electron chi connectivity index (χ3n) is 2.47. The minimum atomic E-state index is -4.11. The summed E-state index contributed by atoms with van der Waals surface area (Å²) >= 11 is 0. The molecule has 0 aliphatic heterocycles. The molecule has 0 radical (unpaired) electrons. The summed E-state index contributed by atoms with van der Waals surface area (Å²) in [7, 11) is 0. The van der Waals surface area contributed by atoms with Crippen LogP contribution in [0.3, 0.4) is 0 Å². The smallest absolute Gasteiger partial charge is 0.381 e. The van der Waals surface area contributed by atoms with Crippen molar-refractivity contribution >= 4 is 0 Å². The van der Waals surface area contributed by atoms with Gasteiger partial charge in [-0.25, -0.2) is 0 Å². The lowest BCUT2D eigenvalue weighted by Gasteiger charge is -2.21. The third kappa shape index (κ3) is 10.2. The highest BCUT2D eigenvalue weighted by molar-refractivity contribution is 4.68. The van der Waals surface area contributed by atoms with Crippen molar-refractivity contribution in [3.63, 3.8) is 0 Å².